The van der Waals surface area contributed by atoms with Gasteiger partial charge in [0.2, 0.25) is 10.0 Å². The number of hydrogen-bond acceptors (Lipinski definition) is 5. The van der Waals surface area contributed by atoms with E-state index >= 15 is 0 Å². The second-order valence-electron chi connectivity index (χ2n) is 7.70. The molecule has 2 aliphatic heterocycles. The lowest BCUT2D eigenvalue weighted by molar-refractivity contribution is -0.0843. The molecule has 0 radical (unpaired) electrons. The Bertz CT molecular complexity index is 897. The molecule has 2 saturated heterocycles. The highest BCUT2D eigenvalue weighted by atomic mass is 32.2. The van der Waals surface area contributed by atoms with E-state index in [1.165, 1.54) is 17.2 Å². The van der Waals surface area contributed by atoms with E-state index in [9.17, 15) is 8.42 Å². The van der Waals surface area contributed by atoms with Crippen molar-refractivity contribution in [2.24, 2.45) is 0 Å². The molecule has 0 aliphatic carbocycles. The van der Waals surface area contributed by atoms with Gasteiger partial charge in [0.05, 0.1) is 25.6 Å². The molecule has 1 aromatic heterocycles. The quantitative estimate of drug-likeness (QED) is 0.804. The molecule has 0 saturated carbocycles. The van der Waals surface area contributed by atoms with Crippen molar-refractivity contribution in [3.8, 4) is 0 Å². The number of aromatic nitrogens is 1. The molecule has 2 aromatic rings. The molecule has 0 unspecified atom stereocenters. The maximum atomic E-state index is 11.3. The normalized spacial score (nSPS) is 27.4. The number of H-pyrrole nitrogens is 1. The Morgan fingerprint density at radius 2 is 2.26 bits per heavy atom. The van der Waals surface area contributed by atoms with Crippen LogP contribution in [0.5, 0.6) is 0 Å². The Hall–Kier alpha value is -1.45. The van der Waals surface area contributed by atoms with Crippen LogP contribution in [-0.2, 0) is 26.0 Å². The second-order valence-corrected chi connectivity index (χ2v) is 9.53. The summed E-state index contributed by atoms with van der Waals surface area (Å²) in [5, 5.41) is 1.25. The van der Waals surface area contributed by atoms with Crippen molar-refractivity contribution in [2.45, 2.75) is 31.1 Å². The van der Waals surface area contributed by atoms with Crippen LogP contribution in [0.15, 0.2) is 30.5 Å². The molecule has 8 heteroatoms. The maximum Gasteiger partial charge on any atom is 0.208 e. The monoisotopic (exact) mass is 393 g/mol. The lowest BCUT2D eigenvalue weighted by atomic mass is 9.99. The zero-order chi connectivity index (χ0) is 18.9. The van der Waals surface area contributed by atoms with Gasteiger partial charge < -0.3 is 14.5 Å². The number of aromatic amines is 1. The van der Waals surface area contributed by atoms with E-state index in [0.717, 1.165) is 38.0 Å². The van der Waals surface area contributed by atoms with Crippen molar-refractivity contribution in [3.63, 3.8) is 0 Å². The predicted molar refractivity (Wildman–Crippen MR) is 104 cm³/mol. The molecule has 148 valence electrons. The van der Waals surface area contributed by atoms with Gasteiger partial charge in [0.1, 0.15) is 5.60 Å². The Labute approximate surface area is 160 Å². The molecule has 2 N–H and O–H groups in total. The molecule has 2 fully saturated rings. The topological polar surface area (TPSA) is 83.7 Å². The smallest absolute Gasteiger partial charge is 0.208 e. The SMILES string of the molecule is CS(=O)(=O)NC[C@H]1CC[C@]2(COCCN(Cc3cccc4[nH]ccc34)C2)O1. The van der Waals surface area contributed by atoms with Crippen molar-refractivity contribution in [1.82, 2.24) is 14.6 Å². The fraction of sp³-hybridized carbons (Fsp3) is 0.579. The number of benzene rings is 1. The molecular formula is C19H27N3O4S. The summed E-state index contributed by atoms with van der Waals surface area (Å²) < 4.78 is 37.4. The van der Waals surface area contributed by atoms with Crippen LogP contribution in [0.1, 0.15) is 18.4 Å². The van der Waals surface area contributed by atoms with Crippen molar-refractivity contribution >= 4 is 20.9 Å². The summed E-state index contributed by atoms with van der Waals surface area (Å²) in [4.78, 5) is 5.66. The largest absolute Gasteiger partial charge is 0.377 e. The van der Waals surface area contributed by atoms with Crippen LogP contribution >= 0.6 is 0 Å². The minimum atomic E-state index is -3.20. The fourth-order valence-corrected chi connectivity index (χ4v) is 4.64. The first-order chi connectivity index (χ1) is 12.9. The number of fused-ring (bicyclic) bond motifs is 1. The van der Waals surface area contributed by atoms with Gasteiger partial charge in [-0.25, -0.2) is 13.1 Å². The van der Waals surface area contributed by atoms with Crippen molar-refractivity contribution in [1.29, 1.82) is 0 Å². The highest BCUT2D eigenvalue weighted by molar-refractivity contribution is 7.88. The Balaban J connectivity index is 1.44. The molecule has 7 nitrogen and oxygen atoms in total. The number of nitrogens with zero attached hydrogens (tertiary/aromatic N) is 1. The van der Waals surface area contributed by atoms with E-state index in [1.54, 1.807) is 0 Å². The third kappa shape index (κ3) is 4.52. The summed E-state index contributed by atoms with van der Waals surface area (Å²) in [7, 11) is -3.20. The van der Waals surface area contributed by atoms with Gasteiger partial charge >= 0.3 is 0 Å². The minimum Gasteiger partial charge on any atom is -0.377 e. The first-order valence-corrected chi connectivity index (χ1v) is 11.3. The summed E-state index contributed by atoms with van der Waals surface area (Å²) in [6.07, 6.45) is 4.77. The van der Waals surface area contributed by atoms with Gasteiger partial charge in [0, 0.05) is 43.3 Å². The molecule has 0 amide bonds. The zero-order valence-corrected chi connectivity index (χ0v) is 16.4. The van der Waals surface area contributed by atoms with Crippen molar-refractivity contribution in [3.05, 3.63) is 36.0 Å². The van der Waals surface area contributed by atoms with E-state index in [4.69, 9.17) is 9.47 Å². The summed E-state index contributed by atoms with van der Waals surface area (Å²) in [6, 6.07) is 8.46. The van der Waals surface area contributed by atoms with Gasteiger partial charge in [-0.2, -0.15) is 0 Å². The first kappa shape index (κ1) is 18.9. The highest BCUT2D eigenvalue weighted by Gasteiger charge is 2.43. The van der Waals surface area contributed by atoms with Gasteiger partial charge in [0.15, 0.2) is 0 Å². The predicted octanol–water partition coefficient (Wildman–Crippen LogP) is 1.47. The summed E-state index contributed by atoms with van der Waals surface area (Å²) in [5.74, 6) is 0. The molecule has 1 spiro atoms. The average molecular weight is 394 g/mol. The van der Waals surface area contributed by atoms with E-state index in [-0.39, 0.29) is 11.7 Å². The van der Waals surface area contributed by atoms with E-state index in [1.807, 2.05) is 6.20 Å². The molecular weight excluding hydrogens is 366 g/mol. The van der Waals surface area contributed by atoms with E-state index in [2.05, 4.69) is 38.9 Å². The Kier molecular flexibility index (Phi) is 5.26. The third-order valence-corrected chi connectivity index (χ3v) is 6.11. The van der Waals surface area contributed by atoms with Gasteiger partial charge in [-0.05, 0) is 30.5 Å². The first-order valence-electron chi connectivity index (χ1n) is 9.40. The van der Waals surface area contributed by atoms with E-state index < -0.39 is 10.0 Å². The third-order valence-electron chi connectivity index (χ3n) is 5.42. The molecule has 2 aliphatic rings. The highest BCUT2D eigenvalue weighted by Crippen LogP contribution is 2.33. The van der Waals surface area contributed by atoms with Crippen LogP contribution < -0.4 is 4.72 Å². The van der Waals surface area contributed by atoms with Crippen LogP contribution in [0.2, 0.25) is 0 Å². The van der Waals surface area contributed by atoms with Crippen molar-refractivity contribution in [2.75, 3.05) is 39.1 Å². The zero-order valence-electron chi connectivity index (χ0n) is 15.6. The molecule has 0 bridgehead atoms. The molecule has 2 atom stereocenters. The minimum absolute atomic E-state index is 0.101. The van der Waals surface area contributed by atoms with E-state index in [0.29, 0.717) is 19.8 Å². The number of hydrogen-bond donors (Lipinski definition) is 2. The number of sulfonamides is 1. The maximum absolute atomic E-state index is 11.3. The lowest BCUT2D eigenvalue weighted by Crippen LogP contribution is -2.45. The van der Waals surface area contributed by atoms with Crippen LogP contribution in [-0.4, -0.2) is 69.1 Å². The van der Waals surface area contributed by atoms with Crippen LogP contribution in [0.25, 0.3) is 10.9 Å². The molecule has 1 aromatic carbocycles. The summed E-state index contributed by atoms with van der Waals surface area (Å²) in [5.41, 5.74) is 2.09. The number of ether oxygens (including phenoxy) is 2. The number of nitrogens with one attached hydrogen (secondary N) is 2. The molecule has 27 heavy (non-hydrogen) atoms. The van der Waals surface area contributed by atoms with Gasteiger partial charge in [-0.1, -0.05) is 12.1 Å². The van der Waals surface area contributed by atoms with Gasteiger partial charge in [-0.15, -0.1) is 0 Å². The second kappa shape index (κ2) is 7.52. The van der Waals surface area contributed by atoms with Gasteiger partial charge in [0.25, 0.3) is 0 Å². The Morgan fingerprint density at radius 3 is 3.11 bits per heavy atom. The molecule has 4 rings (SSSR count). The van der Waals surface area contributed by atoms with Gasteiger partial charge in [-0.3, -0.25) is 4.90 Å². The van der Waals surface area contributed by atoms with Crippen molar-refractivity contribution < 1.29 is 17.9 Å². The van der Waals surface area contributed by atoms with Crippen LogP contribution in [0.3, 0.4) is 0 Å². The lowest BCUT2D eigenvalue weighted by Gasteiger charge is -2.32. The average Bonchev–Trinajstić information content (AvgIpc) is 3.19. The fourth-order valence-electron chi connectivity index (χ4n) is 4.15. The van der Waals surface area contributed by atoms with Crippen LogP contribution in [0, 0.1) is 0 Å². The Morgan fingerprint density at radius 1 is 1.37 bits per heavy atom. The number of rotatable bonds is 5. The summed E-state index contributed by atoms with van der Waals surface area (Å²) >= 11 is 0. The molecule has 3 heterocycles. The van der Waals surface area contributed by atoms with Crippen LogP contribution in [0.4, 0.5) is 0 Å². The standard InChI is InChI=1S/C19H27N3O4S/c1-27(23,24)21-11-16-5-7-19(26-16)13-22(9-10-25-14-19)12-15-3-2-4-18-17(15)6-8-20-18/h2-4,6,8,16,20-21H,5,7,9-14H2,1H3/t16-,19+/m1/s1. The summed E-state index contributed by atoms with van der Waals surface area (Å²) in [6.45, 7) is 4.06.